The van der Waals surface area contributed by atoms with Crippen molar-refractivity contribution < 1.29 is 0 Å². The van der Waals surface area contributed by atoms with Crippen LogP contribution in [0, 0.1) is 0 Å². The molecule has 0 saturated heterocycles. The summed E-state index contributed by atoms with van der Waals surface area (Å²) in [5, 5.41) is 8.75. The van der Waals surface area contributed by atoms with Gasteiger partial charge in [-0.2, -0.15) is 10.1 Å². The van der Waals surface area contributed by atoms with Gasteiger partial charge in [-0.15, -0.1) is 5.10 Å². The average molecular weight is 294 g/mol. The van der Waals surface area contributed by atoms with Crippen molar-refractivity contribution in [3.63, 3.8) is 0 Å². The number of anilines is 1. The maximum Gasteiger partial charge on any atom is 0.239 e. The van der Waals surface area contributed by atoms with E-state index in [2.05, 4.69) is 45.6 Å². The Morgan fingerprint density at radius 1 is 1.23 bits per heavy atom. The minimum atomic E-state index is 0.371. The first-order valence-corrected chi connectivity index (χ1v) is 7.53. The van der Waals surface area contributed by atoms with Crippen LogP contribution in [0.1, 0.15) is 29.3 Å². The Labute approximate surface area is 128 Å². The molecule has 6 heteroatoms. The Bertz CT molecular complexity index is 773. The quantitative estimate of drug-likeness (QED) is 0.799. The minimum absolute atomic E-state index is 0.371. The zero-order valence-electron chi connectivity index (χ0n) is 12.3. The van der Waals surface area contributed by atoms with Gasteiger partial charge in [-0.3, -0.25) is 4.68 Å². The van der Waals surface area contributed by atoms with Gasteiger partial charge in [0.05, 0.1) is 19.3 Å². The molecule has 6 nitrogen and oxygen atoms in total. The van der Waals surface area contributed by atoms with E-state index in [1.807, 2.05) is 21.6 Å². The molecule has 1 unspecified atom stereocenters. The van der Waals surface area contributed by atoms with Crippen molar-refractivity contribution in [3.8, 4) is 0 Å². The third kappa shape index (κ3) is 2.47. The van der Waals surface area contributed by atoms with Crippen LogP contribution < -0.4 is 5.73 Å². The van der Waals surface area contributed by atoms with E-state index >= 15 is 0 Å². The molecule has 0 spiro atoms. The highest BCUT2D eigenvalue weighted by molar-refractivity contribution is 5.20. The third-order valence-electron chi connectivity index (χ3n) is 4.19. The van der Waals surface area contributed by atoms with E-state index in [1.165, 1.54) is 11.1 Å². The summed E-state index contributed by atoms with van der Waals surface area (Å²) in [6.45, 7) is 1.63. The van der Waals surface area contributed by atoms with E-state index in [4.69, 9.17) is 5.73 Å². The normalized spacial score (nSPS) is 17.4. The molecule has 0 aliphatic carbocycles. The predicted molar refractivity (Wildman–Crippen MR) is 83.3 cm³/mol. The van der Waals surface area contributed by atoms with Gasteiger partial charge in [-0.1, -0.05) is 30.3 Å². The van der Waals surface area contributed by atoms with Gasteiger partial charge in [-0.25, -0.2) is 4.68 Å². The van der Waals surface area contributed by atoms with Crippen molar-refractivity contribution in [1.82, 2.24) is 24.5 Å². The summed E-state index contributed by atoms with van der Waals surface area (Å²) >= 11 is 0. The van der Waals surface area contributed by atoms with Crippen molar-refractivity contribution in [3.05, 3.63) is 59.7 Å². The van der Waals surface area contributed by atoms with E-state index in [9.17, 15) is 0 Å². The molecule has 0 bridgehead atoms. The fraction of sp³-hybridized carbons (Fsp3) is 0.312. The molecule has 2 aromatic heterocycles. The van der Waals surface area contributed by atoms with Crippen molar-refractivity contribution in [2.75, 3.05) is 5.73 Å². The number of fused-ring (bicyclic) bond motifs is 1. The lowest BCUT2D eigenvalue weighted by atomic mass is 9.94. The molecule has 1 aliphatic rings. The van der Waals surface area contributed by atoms with Crippen LogP contribution in [0.4, 0.5) is 5.95 Å². The number of nitrogens with two attached hydrogens (primary N) is 1. The maximum absolute atomic E-state index is 5.67. The second-order valence-electron chi connectivity index (χ2n) is 5.76. The monoisotopic (exact) mass is 294 g/mol. The molecular weight excluding hydrogens is 276 g/mol. The van der Waals surface area contributed by atoms with Crippen molar-refractivity contribution in [2.45, 2.75) is 31.8 Å². The molecule has 112 valence electrons. The number of nitrogen functional groups attached to an aromatic ring is 1. The van der Waals surface area contributed by atoms with Crippen molar-refractivity contribution in [2.24, 2.45) is 0 Å². The van der Waals surface area contributed by atoms with Gasteiger partial charge >= 0.3 is 0 Å². The van der Waals surface area contributed by atoms with E-state index in [-0.39, 0.29) is 0 Å². The molecule has 3 aromatic rings. The molecule has 0 amide bonds. The molecule has 1 atom stereocenters. The lowest BCUT2D eigenvalue weighted by molar-refractivity contribution is 0.423. The standard InChI is InChI=1S/C16H18N6/c17-16-19-15-7-6-13(11-22(15)20-16)14-8-18-21(10-14)9-12-4-2-1-3-5-12/h1-5,8,10,13H,6-7,9,11H2,(H2,17,20). The number of rotatable bonds is 3. The topological polar surface area (TPSA) is 74.6 Å². The van der Waals surface area contributed by atoms with E-state index in [0.717, 1.165) is 31.8 Å². The molecular formula is C16H18N6. The second kappa shape index (κ2) is 5.29. The first-order chi connectivity index (χ1) is 10.8. The number of benzene rings is 1. The van der Waals surface area contributed by atoms with Crippen molar-refractivity contribution >= 4 is 5.95 Å². The fourth-order valence-corrected chi connectivity index (χ4v) is 3.05. The van der Waals surface area contributed by atoms with Crippen LogP contribution in [0.25, 0.3) is 0 Å². The van der Waals surface area contributed by atoms with Gasteiger partial charge in [0.25, 0.3) is 0 Å². The van der Waals surface area contributed by atoms with Crippen LogP contribution in [0.3, 0.4) is 0 Å². The summed E-state index contributed by atoms with van der Waals surface area (Å²) in [6.07, 6.45) is 6.09. The molecule has 22 heavy (non-hydrogen) atoms. The first-order valence-electron chi connectivity index (χ1n) is 7.53. The van der Waals surface area contributed by atoms with Crippen LogP contribution >= 0.6 is 0 Å². The predicted octanol–water partition coefficient (Wildman–Crippen LogP) is 1.84. The SMILES string of the molecule is Nc1nc2n(n1)CC(c1cnn(Cc3ccccc3)c1)CC2. The zero-order chi connectivity index (χ0) is 14.9. The molecule has 4 rings (SSSR count). The van der Waals surface area contributed by atoms with Gasteiger partial charge in [0.2, 0.25) is 5.95 Å². The smallest absolute Gasteiger partial charge is 0.239 e. The summed E-state index contributed by atoms with van der Waals surface area (Å²) in [5.41, 5.74) is 8.19. The number of aromatic nitrogens is 5. The Hall–Kier alpha value is -2.63. The van der Waals surface area contributed by atoms with Crippen LogP contribution in [0.15, 0.2) is 42.7 Å². The van der Waals surface area contributed by atoms with E-state index < -0.39 is 0 Å². The molecule has 3 heterocycles. The highest BCUT2D eigenvalue weighted by atomic mass is 15.4. The Morgan fingerprint density at radius 3 is 2.95 bits per heavy atom. The summed E-state index contributed by atoms with van der Waals surface area (Å²) < 4.78 is 3.92. The maximum atomic E-state index is 5.67. The number of hydrogen-bond donors (Lipinski definition) is 1. The van der Waals surface area contributed by atoms with Crippen LogP contribution in [0.5, 0.6) is 0 Å². The first kappa shape index (κ1) is 13.1. The molecule has 0 saturated carbocycles. The summed E-state index contributed by atoms with van der Waals surface area (Å²) in [5.74, 6) is 1.79. The highest BCUT2D eigenvalue weighted by Gasteiger charge is 2.23. The zero-order valence-corrected chi connectivity index (χ0v) is 12.3. The largest absolute Gasteiger partial charge is 0.366 e. The summed E-state index contributed by atoms with van der Waals surface area (Å²) in [4.78, 5) is 4.25. The van der Waals surface area contributed by atoms with E-state index in [1.54, 1.807) is 0 Å². The fourth-order valence-electron chi connectivity index (χ4n) is 3.05. The third-order valence-corrected chi connectivity index (χ3v) is 4.19. The molecule has 1 aromatic carbocycles. The molecule has 2 N–H and O–H groups in total. The Kier molecular flexibility index (Phi) is 3.14. The molecule has 0 radical (unpaired) electrons. The van der Waals surface area contributed by atoms with Gasteiger partial charge in [0.15, 0.2) is 0 Å². The summed E-state index contributed by atoms with van der Waals surface area (Å²) in [6, 6.07) is 10.4. The van der Waals surface area contributed by atoms with Gasteiger partial charge < -0.3 is 5.73 Å². The van der Waals surface area contributed by atoms with Crippen LogP contribution in [-0.2, 0) is 19.5 Å². The van der Waals surface area contributed by atoms with Gasteiger partial charge in [-0.05, 0) is 17.5 Å². The minimum Gasteiger partial charge on any atom is -0.366 e. The van der Waals surface area contributed by atoms with Gasteiger partial charge in [0, 0.05) is 18.5 Å². The van der Waals surface area contributed by atoms with Crippen LogP contribution in [-0.4, -0.2) is 24.5 Å². The number of nitrogens with zero attached hydrogens (tertiary/aromatic N) is 5. The lowest BCUT2D eigenvalue weighted by Gasteiger charge is -2.21. The van der Waals surface area contributed by atoms with Gasteiger partial charge in [0.1, 0.15) is 5.82 Å². The highest BCUT2D eigenvalue weighted by Crippen LogP contribution is 2.27. The van der Waals surface area contributed by atoms with E-state index in [0.29, 0.717) is 11.9 Å². The molecule has 0 fully saturated rings. The second-order valence-corrected chi connectivity index (χ2v) is 5.76. The van der Waals surface area contributed by atoms with Crippen LogP contribution in [0.2, 0.25) is 0 Å². The molecule has 1 aliphatic heterocycles. The number of hydrogen-bond acceptors (Lipinski definition) is 4. The lowest BCUT2D eigenvalue weighted by Crippen LogP contribution is -2.19. The Morgan fingerprint density at radius 2 is 2.09 bits per heavy atom. The van der Waals surface area contributed by atoms with Crippen molar-refractivity contribution in [1.29, 1.82) is 0 Å². The Balaban J connectivity index is 1.50. The summed E-state index contributed by atoms with van der Waals surface area (Å²) in [7, 11) is 0. The average Bonchev–Trinajstić information content (AvgIpc) is 3.13. The number of aryl methyl sites for hydroxylation is 1.